The molecular formula is C13H14FN3O. The third-order valence-corrected chi connectivity index (χ3v) is 2.75. The number of halogens is 1. The van der Waals surface area contributed by atoms with Gasteiger partial charge in [-0.1, -0.05) is 6.07 Å². The van der Waals surface area contributed by atoms with Gasteiger partial charge in [0.15, 0.2) is 0 Å². The molecule has 0 amide bonds. The number of nitrogens with zero attached hydrogens (tertiary/aromatic N) is 2. The molecule has 1 aromatic carbocycles. The van der Waals surface area contributed by atoms with E-state index in [1.165, 1.54) is 16.7 Å². The predicted molar refractivity (Wildman–Crippen MR) is 67.9 cm³/mol. The summed E-state index contributed by atoms with van der Waals surface area (Å²) in [6.07, 6.45) is 0. The Labute approximate surface area is 104 Å². The molecule has 2 N–H and O–H groups in total. The summed E-state index contributed by atoms with van der Waals surface area (Å²) in [5.41, 5.74) is 7.33. The summed E-state index contributed by atoms with van der Waals surface area (Å²) in [4.78, 5) is 15.6. The average molecular weight is 247 g/mol. The highest BCUT2D eigenvalue weighted by Gasteiger charge is 2.06. The molecule has 0 aliphatic rings. The molecule has 0 unspecified atom stereocenters. The van der Waals surface area contributed by atoms with E-state index in [2.05, 4.69) is 4.98 Å². The van der Waals surface area contributed by atoms with Crippen LogP contribution in [0.5, 0.6) is 0 Å². The van der Waals surface area contributed by atoms with Crippen molar-refractivity contribution in [2.75, 3.05) is 5.73 Å². The first kappa shape index (κ1) is 12.3. The Morgan fingerprint density at radius 2 is 2.06 bits per heavy atom. The van der Waals surface area contributed by atoms with Crippen LogP contribution < -0.4 is 11.4 Å². The minimum absolute atomic E-state index is 0.102. The van der Waals surface area contributed by atoms with E-state index < -0.39 is 5.82 Å². The first-order valence-electron chi connectivity index (χ1n) is 5.56. The van der Waals surface area contributed by atoms with E-state index >= 15 is 0 Å². The lowest BCUT2D eigenvalue weighted by atomic mass is 10.2. The number of benzene rings is 1. The van der Waals surface area contributed by atoms with Crippen LogP contribution in [0.2, 0.25) is 0 Å². The predicted octanol–water partition coefficient (Wildman–Crippen LogP) is 1.63. The fourth-order valence-corrected chi connectivity index (χ4v) is 1.82. The maximum absolute atomic E-state index is 13.3. The lowest BCUT2D eigenvalue weighted by Crippen LogP contribution is -2.26. The van der Waals surface area contributed by atoms with E-state index in [0.29, 0.717) is 11.3 Å². The van der Waals surface area contributed by atoms with Crippen molar-refractivity contribution in [3.8, 4) is 0 Å². The number of hydrogen-bond donors (Lipinski definition) is 1. The Kier molecular flexibility index (Phi) is 3.14. The lowest BCUT2D eigenvalue weighted by molar-refractivity contribution is 0.624. The quantitative estimate of drug-likeness (QED) is 0.820. The molecule has 2 rings (SSSR count). The van der Waals surface area contributed by atoms with Gasteiger partial charge in [-0.15, -0.1) is 0 Å². The second-order valence-electron chi connectivity index (χ2n) is 4.26. The summed E-state index contributed by atoms with van der Waals surface area (Å²) in [5, 5.41) is 0. The van der Waals surface area contributed by atoms with Gasteiger partial charge in [0.05, 0.1) is 12.2 Å². The van der Waals surface area contributed by atoms with Gasteiger partial charge in [-0.3, -0.25) is 4.57 Å². The van der Waals surface area contributed by atoms with Crippen LogP contribution >= 0.6 is 0 Å². The van der Waals surface area contributed by atoms with Gasteiger partial charge in [0.2, 0.25) is 0 Å². The fraction of sp³-hybridized carbons (Fsp3) is 0.231. The lowest BCUT2D eigenvalue weighted by Gasteiger charge is -2.10. The van der Waals surface area contributed by atoms with E-state index in [4.69, 9.17) is 5.73 Å². The zero-order valence-corrected chi connectivity index (χ0v) is 10.3. The minimum Gasteiger partial charge on any atom is -0.396 e. The third kappa shape index (κ3) is 2.40. The number of nitrogen functional groups attached to an aromatic ring is 1. The molecule has 0 saturated carbocycles. The van der Waals surface area contributed by atoms with Crippen molar-refractivity contribution in [3.63, 3.8) is 0 Å². The Balaban J connectivity index is 2.40. The number of anilines is 1. The van der Waals surface area contributed by atoms with E-state index in [-0.39, 0.29) is 17.9 Å². The monoisotopic (exact) mass is 247 g/mol. The molecule has 0 fully saturated rings. The number of nitrogens with two attached hydrogens (primary N) is 1. The van der Waals surface area contributed by atoms with Crippen LogP contribution in [0.3, 0.4) is 0 Å². The van der Waals surface area contributed by atoms with E-state index in [1.54, 1.807) is 13.0 Å². The summed E-state index contributed by atoms with van der Waals surface area (Å²) in [5.74, 6) is -0.474. The van der Waals surface area contributed by atoms with Crippen LogP contribution in [0, 0.1) is 19.7 Å². The molecule has 18 heavy (non-hydrogen) atoms. The first-order valence-corrected chi connectivity index (χ1v) is 5.56. The summed E-state index contributed by atoms with van der Waals surface area (Å²) >= 11 is 0. The summed E-state index contributed by atoms with van der Waals surface area (Å²) in [6.45, 7) is 3.88. The van der Waals surface area contributed by atoms with Crippen LogP contribution in [0.25, 0.3) is 0 Å². The maximum atomic E-state index is 13.3. The molecule has 4 nitrogen and oxygen atoms in total. The minimum atomic E-state index is -0.474. The van der Waals surface area contributed by atoms with Crippen molar-refractivity contribution in [2.45, 2.75) is 20.4 Å². The van der Waals surface area contributed by atoms with Gasteiger partial charge in [-0.25, -0.2) is 9.18 Å². The van der Waals surface area contributed by atoms with Crippen molar-refractivity contribution in [1.82, 2.24) is 9.55 Å². The normalized spacial score (nSPS) is 10.6. The number of aromatic nitrogens is 2. The topological polar surface area (TPSA) is 60.9 Å². The van der Waals surface area contributed by atoms with Gasteiger partial charge in [-0.05, 0) is 37.6 Å². The molecule has 0 saturated heterocycles. The largest absolute Gasteiger partial charge is 0.396 e. The zero-order chi connectivity index (χ0) is 13.3. The van der Waals surface area contributed by atoms with Crippen LogP contribution in [0.4, 0.5) is 10.1 Å². The first-order chi connectivity index (χ1) is 8.47. The van der Waals surface area contributed by atoms with Crippen LogP contribution in [-0.2, 0) is 6.54 Å². The van der Waals surface area contributed by atoms with Crippen molar-refractivity contribution < 1.29 is 4.39 Å². The number of hydrogen-bond acceptors (Lipinski definition) is 3. The SMILES string of the molecule is Cc1cc(C)n(Cc2ccc(N)c(F)c2)c(=O)n1. The van der Waals surface area contributed by atoms with Gasteiger partial charge < -0.3 is 5.73 Å². The van der Waals surface area contributed by atoms with Gasteiger partial charge in [0.1, 0.15) is 5.82 Å². The van der Waals surface area contributed by atoms with Crippen molar-refractivity contribution in [2.24, 2.45) is 0 Å². The van der Waals surface area contributed by atoms with Gasteiger partial charge in [0, 0.05) is 11.4 Å². The molecule has 2 aromatic rings. The van der Waals surface area contributed by atoms with Crippen LogP contribution in [-0.4, -0.2) is 9.55 Å². The molecule has 0 aliphatic heterocycles. The van der Waals surface area contributed by atoms with E-state index in [0.717, 1.165) is 5.69 Å². The van der Waals surface area contributed by atoms with Gasteiger partial charge in [-0.2, -0.15) is 4.98 Å². The Morgan fingerprint density at radius 1 is 1.33 bits per heavy atom. The highest BCUT2D eigenvalue weighted by Crippen LogP contribution is 2.13. The Hall–Kier alpha value is -2.17. The van der Waals surface area contributed by atoms with Gasteiger partial charge in [0.25, 0.3) is 0 Å². The van der Waals surface area contributed by atoms with Crippen molar-refractivity contribution >= 4 is 5.69 Å². The van der Waals surface area contributed by atoms with Gasteiger partial charge >= 0.3 is 5.69 Å². The smallest absolute Gasteiger partial charge is 0.348 e. The van der Waals surface area contributed by atoms with Crippen LogP contribution in [0.1, 0.15) is 17.0 Å². The fourth-order valence-electron chi connectivity index (χ4n) is 1.82. The molecule has 0 bridgehead atoms. The molecule has 0 spiro atoms. The van der Waals surface area contributed by atoms with Crippen molar-refractivity contribution in [3.05, 3.63) is 57.5 Å². The summed E-state index contributed by atoms with van der Waals surface area (Å²) < 4.78 is 14.8. The molecular weight excluding hydrogens is 233 g/mol. The highest BCUT2D eigenvalue weighted by atomic mass is 19.1. The highest BCUT2D eigenvalue weighted by molar-refractivity contribution is 5.41. The van der Waals surface area contributed by atoms with Crippen molar-refractivity contribution in [1.29, 1.82) is 0 Å². The molecule has 0 aliphatic carbocycles. The second kappa shape index (κ2) is 4.60. The van der Waals surface area contributed by atoms with E-state index in [1.807, 2.05) is 13.0 Å². The molecule has 94 valence electrons. The number of rotatable bonds is 2. The maximum Gasteiger partial charge on any atom is 0.348 e. The Morgan fingerprint density at radius 3 is 2.67 bits per heavy atom. The molecule has 1 aromatic heterocycles. The average Bonchev–Trinajstić information content (AvgIpc) is 2.28. The number of aryl methyl sites for hydroxylation is 2. The van der Waals surface area contributed by atoms with Crippen LogP contribution in [0.15, 0.2) is 29.1 Å². The van der Waals surface area contributed by atoms with E-state index in [9.17, 15) is 9.18 Å². The molecule has 5 heteroatoms. The third-order valence-electron chi connectivity index (χ3n) is 2.75. The zero-order valence-electron chi connectivity index (χ0n) is 10.3. The Bertz CT molecular complexity index is 649. The summed E-state index contributed by atoms with van der Waals surface area (Å²) in [7, 11) is 0. The second-order valence-corrected chi connectivity index (χ2v) is 4.26. The molecule has 0 radical (unpaired) electrons. The molecule has 1 heterocycles. The molecule has 0 atom stereocenters. The standard InChI is InChI=1S/C13H14FN3O/c1-8-5-9(2)17(13(18)16-8)7-10-3-4-12(15)11(14)6-10/h3-6H,7,15H2,1-2H3. The summed E-state index contributed by atoms with van der Waals surface area (Å²) in [6, 6.07) is 6.34.